The van der Waals surface area contributed by atoms with Crippen molar-refractivity contribution in [2.24, 2.45) is 0 Å². The van der Waals surface area contributed by atoms with Gasteiger partial charge in [-0.3, -0.25) is 0 Å². The minimum atomic E-state index is -2.90. The van der Waals surface area contributed by atoms with Gasteiger partial charge in [0, 0.05) is 6.54 Å². The summed E-state index contributed by atoms with van der Waals surface area (Å²) in [5.74, 6) is 0.201. The molecule has 4 nitrogen and oxygen atoms in total. The van der Waals surface area contributed by atoms with Crippen LogP contribution in [-0.2, 0) is 10.0 Å². The second-order valence-corrected chi connectivity index (χ2v) is 3.57. The molecule has 1 heterocycles. The lowest BCUT2D eigenvalue weighted by atomic mass is 10.7. The minimum Gasteiger partial charge on any atom is -0.303 e. The van der Waals surface area contributed by atoms with E-state index in [-0.39, 0.29) is 5.75 Å². The second kappa shape index (κ2) is 2.00. The molecular weight excluding hydrogens is 128 g/mol. The molecule has 0 aliphatic carbocycles. The zero-order valence-electron chi connectivity index (χ0n) is 4.35. The average molecular weight is 136 g/mol. The van der Waals surface area contributed by atoms with Crippen LogP contribution < -0.4 is 10.0 Å². The molecule has 48 valence electrons. The van der Waals surface area contributed by atoms with Crippen molar-refractivity contribution in [3.63, 3.8) is 0 Å². The van der Waals surface area contributed by atoms with Crippen molar-refractivity contribution in [2.45, 2.75) is 0 Å². The van der Waals surface area contributed by atoms with E-state index in [4.69, 9.17) is 0 Å². The molecule has 0 aromatic heterocycles. The number of rotatable bonds is 0. The summed E-state index contributed by atoms with van der Waals surface area (Å²) >= 11 is 0. The van der Waals surface area contributed by atoms with E-state index in [1.165, 1.54) is 0 Å². The van der Waals surface area contributed by atoms with Gasteiger partial charge < -0.3 is 5.32 Å². The maximum atomic E-state index is 10.5. The quantitative estimate of drug-likeness (QED) is 0.424. The standard InChI is InChI=1S/C3H8N2O2S/c6-8(7)2-1-4-3-5-8/h4-5H,1-3H2. The normalized spacial score (nSPS) is 27.5. The van der Waals surface area contributed by atoms with Crippen LogP contribution >= 0.6 is 0 Å². The van der Waals surface area contributed by atoms with E-state index in [2.05, 4.69) is 10.0 Å². The lowest BCUT2D eigenvalue weighted by Crippen LogP contribution is -2.44. The predicted octanol–water partition coefficient (Wildman–Crippen LogP) is -1.53. The molecule has 1 saturated heterocycles. The van der Waals surface area contributed by atoms with Gasteiger partial charge in [-0.2, -0.15) is 0 Å². The first kappa shape index (κ1) is 6.00. The molecule has 1 rings (SSSR count). The van der Waals surface area contributed by atoms with Crippen LogP contribution in [0.2, 0.25) is 0 Å². The number of sulfonamides is 1. The van der Waals surface area contributed by atoms with Gasteiger partial charge in [0.2, 0.25) is 10.0 Å². The van der Waals surface area contributed by atoms with Crippen molar-refractivity contribution in [1.82, 2.24) is 10.0 Å². The smallest absolute Gasteiger partial charge is 0.213 e. The Morgan fingerprint density at radius 2 is 2.12 bits per heavy atom. The van der Waals surface area contributed by atoms with Crippen LogP contribution in [0.1, 0.15) is 0 Å². The third-order valence-electron chi connectivity index (χ3n) is 0.965. The van der Waals surface area contributed by atoms with Gasteiger partial charge in [-0.1, -0.05) is 0 Å². The molecule has 2 N–H and O–H groups in total. The summed E-state index contributed by atoms with van der Waals surface area (Å²) in [7, 11) is -2.90. The predicted molar refractivity (Wildman–Crippen MR) is 29.8 cm³/mol. The molecule has 1 aliphatic heterocycles. The summed E-state index contributed by atoms with van der Waals surface area (Å²) in [6.07, 6.45) is 0. The molecule has 5 heteroatoms. The summed E-state index contributed by atoms with van der Waals surface area (Å²) in [5.41, 5.74) is 0. The Morgan fingerprint density at radius 1 is 1.38 bits per heavy atom. The molecule has 1 fully saturated rings. The molecule has 0 bridgehead atoms. The average Bonchev–Trinajstić information content (AvgIpc) is 1.65. The highest BCUT2D eigenvalue weighted by molar-refractivity contribution is 7.89. The van der Waals surface area contributed by atoms with Gasteiger partial charge in [0.1, 0.15) is 0 Å². The van der Waals surface area contributed by atoms with Gasteiger partial charge in [-0.25, -0.2) is 13.1 Å². The third-order valence-corrected chi connectivity index (χ3v) is 2.29. The Balaban J connectivity index is 2.58. The van der Waals surface area contributed by atoms with E-state index in [1.54, 1.807) is 0 Å². The van der Waals surface area contributed by atoms with Crippen LogP contribution in [-0.4, -0.2) is 27.4 Å². The summed E-state index contributed by atoms with van der Waals surface area (Å²) in [4.78, 5) is 0. The molecule has 0 saturated carbocycles. The van der Waals surface area contributed by atoms with Crippen LogP contribution in [0.3, 0.4) is 0 Å². The largest absolute Gasteiger partial charge is 0.303 e. The Hall–Kier alpha value is -0.130. The first-order chi connectivity index (χ1) is 3.71. The van der Waals surface area contributed by atoms with Crippen LogP contribution in [0.5, 0.6) is 0 Å². The van der Waals surface area contributed by atoms with Gasteiger partial charge in [-0.15, -0.1) is 0 Å². The van der Waals surface area contributed by atoms with Crippen molar-refractivity contribution < 1.29 is 8.42 Å². The second-order valence-electron chi connectivity index (χ2n) is 1.64. The maximum absolute atomic E-state index is 10.5. The lowest BCUT2D eigenvalue weighted by molar-refractivity contribution is 0.551. The van der Waals surface area contributed by atoms with Gasteiger partial charge in [-0.05, 0) is 0 Å². The third kappa shape index (κ3) is 1.43. The van der Waals surface area contributed by atoms with Crippen molar-refractivity contribution >= 4 is 10.0 Å². The SMILES string of the molecule is O=S1(=O)CCNCN1. The number of nitrogens with one attached hydrogen (secondary N) is 2. The lowest BCUT2D eigenvalue weighted by Gasteiger charge is -2.12. The summed E-state index contributed by atoms with van der Waals surface area (Å²) in [6, 6.07) is 0. The van der Waals surface area contributed by atoms with Gasteiger partial charge in [0.15, 0.2) is 0 Å². The van der Waals surface area contributed by atoms with Gasteiger partial charge in [0.05, 0.1) is 12.4 Å². The maximum Gasteiger partial charge on any atom is 0.213 e. The first-order valence-corrected chi connectivity index (χ1v) is 4.04. The summed E-state index contributed by atoms with van der Waals surface area (Å²) in [6.45, 7) is 0.942. The Kier molecular flexibility index (Phi) is 1.50. The Bertz CT molecular complexity index is 150. The summed E-state index contributed by atoms with van der Waals surface area (Å²) < 4.78 is 23.3. The van der Waals surface area contributed by atoms with Crippen LogP contribution in [0.25, 0.3) is 0 Å². The molecule has 0 amide bonds. The fraction of sp³-hybridized carbons (Fsp3) is 1.00. The van der Waals surface area contributed by atoms with Crippen LogP contribution in [0.4, 0.5) is 0 Å². The zero-order valence-corrected chi connectivity index (χ0v) is 5.16. The van der Waals surface area contributed by atoms with Gasteiger partial charge in [0.25, 0.3) is 0 Å². The fourth-order valence-electron chi connectivity index (χ4n) is 0.528. The van der Waals surface area contributed by atoms with E-state index in [9.17, 15) is 8.42 Å². The van der Waals surface area contributed by atoms with E-state index in [0.717, 1.165) is 0 Å². The Morgan fingerprint density at radius 3 is 2.38 bits per heavy atom. The van der Waals surface area contributed by atoms with Crippen molar-refractivity contribution in [1.29, 1.82) is 0 Å². The Labute approximate surface area is 48.3 Å². The number of hydrogen-bond donors (Lipinski definition) is 2. The molecule has 0 aromatic rings. The highest BCUT2D eigenvalue weighted by Crippen LogP contribution is 1.84. The van der Waals surface area contributed by atoms with E-state index >= 15 is 0 Å². The molecule has 0 unspecified atom stereocenters. The van der Waals surface area contributed by atoms with Gasteiger partial charge >= 0.3 is 0 Å². The monoisotopic (exact) mass is 136 g/mol. The molecule has 0 aromatic carbocycles. The first-order valence-electron chi connectivity index (χ1n) is 2.39. The van der Waals surface area contributed by atoms with E-state index in [0.29, 0.717) is 13.2 Å². The molecule has 8 heavy (non-hydrogen) atoms. The minimum absolute atomic E-state index is 0.201. The molecular formula is C3H8N2O2S. The van der Waals surface area contributed by atoms with Crippen molar-refractivity contribution in [3.05, 3.63) is 0 Å². The highest BCUT2D eigenvalue weighted by atomic mass is 32.2. The summed E-state index contributed by atoms with van der Waals surface area (Å²) in [5, 5.41) is 2.85. The van der Waals surface area contributed by atoms with Crippen molar-refractivity contribution in [3.8, 4) is 0 Å². The molecule has 1 aliphatic rings. The molecule has 0 atom stereocenters. The van der Waals surface area contributed by atoms with Crippen LogP contribution in [0.15, 0.2) is 0 Å². The van der Waals surface area contributed by atoms with Crippen LogP contribution in [0, 0.1) is 0 Å². The topological polar surface area (TPSA) is 58.2 Å². The number of hydrogen-bond acceptors (Lipinski definition) is 3. The van der Waals surface area contributed by atoms with Crippen molar-refractivity contribution in [2.75, 3.05) is 19.0 Å². The molecule has 0 spiro atoms. The van der Waals surface area contributed by atoms with E-state index < -0.39 is 10.0 Å². The van der Waals surface area contributed by atoms with E-state index in [1.807, 2.05) is 0 Å². The molecule has 0 radical (unpaired) electrons. The highest BCUT2D eigenvalue weighted by Gasteiger charge is 2.12. The fourth-order valence-corrected chi connectivity index (χ4v) is 1.41. The zero-order chi connectivity index (χ0) is 6.04.